The summed E-state index contributed by atoms with van der Waals surface area (Å²) in [7, 11) is 1.73. The summed E-state index contributed by atoms with van der Waals surface area (Å²) in [6, 6.07) is 10.2. The summed E-state index contributed by atoms with van der Waals surface area (Å²) in [5.74, 6) is 1.56. The lowest BCUT2D eigenvalue weighted by atomic mass is 10.1. The summed E-state index contributed by atoms with van der Waals surface area (Å²) in [5.41, 5.74) is 1.14. The van der Waals surface area contributed by atoms with E-state index in [9.17, 15) is 0 Å². The second kappa shape index (κ2) is 5.83. The maximum atomic E-state index is 5.62. The molecule has 0 aliphatic heterocycles. The van der Waals surface area contributed by atoms with Crippen LogP contribution in [0.3, 0.4) is 0 Å². The second-order valence-electron chi connectivity index (χ2n) is 4.86. The molecule has 0 fully saturated rings. The fraction of sp³-hybridized carbons (Fsp3) is 0.400. The average Bonchev–Trinajstić information content (AvgIpc) is 2.79. The van der Waals surface area contributed by atoms with Crippen molar-refractivity contribution in [3.05, 3.63) is 54.1 Å². The molecule has 1 atom stereocenters. The van der Waals surface area contributed by atoms with E-state index in [1.165, 1.54) is 0 Å². The van der Waals surface area contributed by atoms with Crippen molar-refractivity contribution in [3.8, 4) is 0 Å². The van der Waals surface area contributed by atoms with E-state index in [4.69, 9.17) is 4.74 Å². The molecule has 1 unspecified atom stereocenters. The molecule has 96 valence electrons. The van der Waals surface area contributed by atoms with Gasteiger partial charge in [0.25, 0.3) is 0 Å². The van der Waals surface area contributed by atoms with Crippen LogP contribution in [-0.4, -0.2) is 16.7 Å². The van der Waals surface area contributed by atoms with Gasteiger partial charge in [0.1, 0.15) is 11.9 Å². The zero-order chi connectivity index (χ0) is 13.0. The normalized spacial score (nSPS) is 12.9. The standard InChI is InChI=1S/C15H20N2O/c1-12(2)11-17-10-9-16-15(17)14(18-3)13-7-5-4-6-8-13/h4-10,12,14H,11H2,1-3H3. The van der Waals surface area contributed by atoms with Crippen molar-refractivity contribution >= 4 is 0 Å². The van der Waals surface area contributed by atoms with Gasteiger partial charge < -0.3 is 9.30 Å². The van der Waals surface area contributed by atoms with Crippen molar-refractivity contribution < 1.29 is 4.74 Å². The van der Waals surface area contributed by atoms with E-state index >= 15 is 0 Å². The van der Waals surface area contributed by atoms with E-state index in [0.29, 0.717) is 5.92 Å². The summed E-state index contributed by atoms with van der Waals surface area (Å²) in [6.45, 7) is 5.37. The molecule has 2 rings (SSSR count). The Morgan fingerprint density at radius 3 is 2.56 bits per heavy atom. The lowest BCUT2D eigenvalue weighted by Crippen LogP contribution is -2.14. The third-order valence-electron chi connectivity index (χ3n) is 2.88. The van der Waals surface area contributed by atoms with Crippen LogP contribution in [-0.2, 0) is 11.3 Å². The monoisotopic (exact) mass is 244 g/mol. The Bertz CT molecular complexity index is 476. The van der Waals surface area contributed by atoms with E-state index in [1.54, 1.807) is 7.11 Å². The minimum atomic E-state index is -0.0973. The molecule has 2 aromatic rings. The van der Waals surface area contributed by atoms with E-state index in [1.807, 2.05) is 30.6 Å². The number of hydrogen-bond acceptors (Lipinski definition) is 2. The molecule has 1 aromatic heterocycles. The highest BCUT2D eigenvalue weighted by atomic mass is 16.5. The van der Waals surface area contributed by atoms with Crippen molar-refractivity contribution in [2.75, 3.05) is 7.11 Å². The topological polar surface area (TPSA) is 27.1 Å². The van der Waals surface area contributed by atoms with Gasteiger partial charge in [-0.25, -0.2) is 4.98 Å². The van der Waals surface area contributed by atoms with Crippen LogP contribution in [0.5, 0.6) is 0 Å². The smallest absolute Gasteiger partial charge is 0.142 e. The van der Waals surface area contributed by atoms with Crippen molar-refractivity contribution in [1.82, 2.24) is 9.55 Å². The molecule has 0 spiro atoms. The van der Waals surface area contributed by atoms with Gasteiger partial charge in [0.05, 0.1) is 0 Å². The molecule has 0 bridgehead atoms. The van der Waals surface area contributed by atoms with E-state index in [0.717, 1.165) is 17.9 Å². The number of benzene rings is 1. The summed E-state index contributed by atoms with van der Waals surface area (Å²) in [5, 5.41) is 0. The average molecular weight is 244 g/mol. The first-order valence-electron chi connectivity index (χ1n) is 6.31. The first-order chi connectivity index (χ1) is 8.72. The van der Waals surface area contributed by atoms with Crippen LogP contribution in [0.1, 0.15) is 31.3 Å². The quantitative estimate of drug-likeness (QED) is 0.807. The van der Waals surface area contributed by atoms with Gasteiger partial charge in [0, 0.05) is 26.0 Å². The van der Waals surface area contributed by atoms with Crippen molar-refractivity contribution in [1.29, 1.82) is 0 Å². The number of aromatic nitrogens is 2. The van der Waals surface area contributed by atoms with Gasteiger partial charge in [0.2, 0.25) is 0 Å². The highest BCUT2D eigenvalue weighted by molar-refractivity contribution is 5.23. The molecule has 0 aliphatic rings. The van der Waals surface area contributed by atoms with Gasteiger partial charge >= 0.3 is 0 Å². The SMILES string of the molecule is COC(c1ccccc1)c1nccn1CC(C)C. The Balaban J connectivity index is 2.31. The van der Waals surface area contributed by atoms with Crippen LogP contribution in [0.15, 0.2) is 42.7 Å². The van der Waals surface area contributed by atoms with Gasteiger partial charge in [-0.2, -0.15) is 0 Å². The van der Waals surface area contributed by atoms with E-state index < -0.39 is 0 Å². The molecule has 0 radical (unpaired) electrons. The predicted octanol–water partition coefficient (Wildman–Crippen LogP) is 3.27. The molecule has 0 aliphatic carbocycles. The first-order valence-corrected chi connectivity index (χ1v) is 6.31. The number of nitrogens with zero attached hydrogens (tertiary/aromatic N) is 2. The third-order valence-corrected chi connectivity index (χ3v) is 2.88. The Hall–Kier alpha value is -1.61. The predicted molar refractivity (Wildman–Crippen MR) is 72.4 cm³/mol. The lowest BCUT2D eigenvalue weighted by Gasteiger charge is -2.18. The van der Waals surface area contributed by atoms with Gasteiger partial charge in [0.15, 0.2) is 0 Å². The number of imidazole rings is 1. The highest BCUT2D eigenvalue weighted by Crippen LogP contribution is 2.24. The zero-order valence-electron chi connectivity index (χ0n) is 11.2. The molecule has 3 nitrogen and oxygen atoms in total. The number of rotatable bonds is 5. The molecule has 1 aromatic carbocycles. The highest BCUT2D eigenvalue weighted by Gasteiger charge is 2.18. The van der Waals surface area contributed by atoms with Crippen LogP contribution < -0.4 is 0 Å². The van der Waals surface area contributed by atoms with E-state index in [-0.39, 0.29) is 6.10 Å². The van der Waals surface area contributed by atoms with Crippen molar-refractivity contribution in [2.24, 2.45) is 5.92 Å². The Morgan fingerprint density at radius 2 is 1.94 bits per heavy atom. The Morgan fingerprint density at radius 1 is 1.22 bits per heavy atom. The van der Waals surface area contributed by atoms with Crippen LogP contribution >= 0.6 is 0 Å². The van der Waals surface area contributed by atoms with Gasteiger partial charge in [-0.15, -0.1) is 0 Å². The number of methoxy groups -OCH3 is 1. The minimum absolute atomic E-state index is 0.0973. The van der Waals surface area contributed by atoms with Gasteiger partial charge in [-0.3, -0.25) is 0 Å². The van der Waals surface area contributed by atoms with Crippen LogP contribution in [0.4, 0.5) is 0 Å². The summed E-state index contributed by atoms with van der Waals surface area (Å²) in [6.07, 6.45) is 3.76. The molecule has 0 N–H and O–H groups in total. The van der Waals surface area contributed by atoms with Crippen LogP contribution in [0.2, 0.25) is 0 Å². The molecular weight excluding hydrogens is 224 g/mol. The van der Waals surface area contributed by atoms with Crippen molar-refractivity contribution in [2.45, 2.75) is 26.5 Å². The summed E-state index contributed by atoms with van der Waals surface area (Å²) >= 11 is 0. The zero-order valence-corrected chi connectivity index (χ0v) is 11.2. The molecule has 0 amide bonds. The second-order valence-corrected chi connectivity index (χ2v) is 4.86. The maximum absolute atomic E-state index is 5.62. The molecule has 0 saturated heterocycles. The summed E-state index contributed by atoms with van der Waals surface area (Å²) < 4.78 is 7.79. The van der Waals surface area contributed by atoms with Crippen molar-refractivity contribution in [3.63, 3.8) is 0 Å². The molecule has 1 heterocycles. The Kier molecular flexibility index (Phi) is 4.15. The van der Waals surface area contributed by atoms with Crippen LogP contribution in [0, 0.1) is 5.92 Å². The molecular formula is C15H20N2O. The summed E-state index contributed by atoms with van der Waals surface area (Å²) in [4.78, 5) is 4.45. The van der Waals surface area contributed by atoms with Gasteiger partial charge in [-0.05, 0) is 11.5 Å². The third kappa shape index (κ3) is 2.79. The fourth-order valence-electron chi connectivity index (χ4n) is 2.13. The lowest BCUT2D eigenvalue weighted by molar-refractivity contribution is 0.125. The largest absolute Gasteiger partial charge is 0.369 e. The molecule has 18 heavy (non-hydrogen) atoms. The molecule has 0 saturated carbocycles. The van der Waals surface area contributed by atoms with Crippen LogP contribution in [0.25, 0.3) is 0 Å². The number of hydrogen-bond donors (Lipinski definition) is 0. The van der Waals surface area contributed by atoms with E-state index in [2.05, 4.69) is 35.5 Å². The fourth-order valence-corrected chi connectivity index (χ4v) is 2.13. The minimum Gasteiger partial charge on any atom is -0.369 e. The maximum Gasteiger partial charge on any atom is 0.142 e. The van der Waals surface area contributed by atoms with Gasteiger partial charge in [-0.1, -0.05) is 44.2 Å². The Labute approximate surface area is 108 Å². The first kappa shape index (κ1) is 12.8. The number of ether oxygens (including phenoxy) is 1. The molecule has 3 heteroatoms.